The first kappa shape index (κ1) is 13.4. The van der Waals surface area contributed by atoms with Crippen molar-refractivity contribution in [3.8, 4) is 0 Å². The van der Waals surface area contributed by atoms with E-state index in [2.05, 4.69) is 35.6 Å². The third kappa shape index (κ3) is 2.94. The molecule has 3 rings (SSSR count). The number of rotatable bonds is 5. The normalized spacial score (nSPS) is 18.0. The van der Waals surface area contributed by atoms with Gasteiger partial charge in [0.1, 0.15) is 5.76 Å². The molecule has 0 spiro atoms. The van der Waals surface area contributed by atoms with Crippen molar-refractivity contribution in [2.75, 3.05) is 19.8 Å². The first-order valence-corrected chi connectivity index (χ1v) is 7.25. The minimum atomic E-state index is 0.187. The van der Waals surface area contributed by atoms with Crippen LogP contribution in [0.1, 0.15) is 24.2 Å². The Labute approximate surface area is 119 Å². The molecule has 0 saturated carbocycles. The van der Waals surface area contributed by atoms with Gasteiger partial charge in [0.15, 0.2) is 0 Å². The first-order chi connectivity index (χ1) is 9.89. The van der Waals surface area contributed by atoms with E-state index in [1.807, 2.05) is 12.1 Å². The average Bonchev–Trinajstić information content (AvgIpc) is 3.02. The molecule has 0 aliphatic carbocycles. The van der Waals surface area contributed by atoms with E-state index in [4.69, 9.17) is 9.15 Å². The van der Waals surface area contributed by atoms with Gasteiger partial charge in [-0.3, -0.25) is 0 Å². The Morgan fingerprint density at radius 2 is 1.80 bits per heavy atom. The summed E-state index contributed by atoms with van der Waals surface area (Å²) in [5, 5.41) is 3.55. The SMILES string of the molecule is c1ccc(C2(CNCc3ccco3)CCOCC2)cc1. The van der Waals surface area contributed by atoms with Crippen LogP contribution in [0.25, 0.3) is 0 Å². The van der Waals surface area contributed by atoms with Crippen LogP contribution in [0.2, 0.25) is 0 Å². The minimum absolute atomic E-state index is 0.187. The van der Waals surface area contributed by atoms with Crippen molar-refractivity contribution >= 4 is 0 Å². The second-order valence-corrected chi connectivity index (χ2v) is 5.44. The van der Waals surface area contributed by atoms with E-state index in [1.165, 1.54) is 5.56 Å². The largest absolute Gasteiger partial charge is 0.468 e. The van der Waals surface area contributed by atoms with Crippen LogP contribution >= 0.6 is 0 Å². The zero-order valence-corrected chi connectivity index (χ0v) is 11.7. The van der Waals surface area contributed by atoms with E-state index in [9.17, 15) is 0 Å². The van der Waals surface area contributed by atoms with Gasteiger partial charge in [0.05, 0.1) is 12.8 Å². The summed E-state index contributed by atoms with van der Waals surface area (Å²) < 4.78 is 10.9. The maximum Gasteiger partial charge on any atom is 0.117 e. The first-order valence-electron chi connectivity index (χ1n) is 7.25. The highest BCUT2D eigenvalue weighted by Gasteiger charge is 2.33. The maximum atomic E-state index is 5.55. The fraction of sp³-hybridized carbons (Fsp3) is 0.412. The molecule has 1 saturated heterocycles. The van der Waals surface area contributed by atoms with Crippen molar-refractivity contribution in [2.45, 2.75) is 24.8 Å². The van der Waals surface area contributed by atoms with Crippen molar-refractivity contribution in [3.05, 3.63) is 60.1 Å². The lowest BCUT2D eigenvalue weighted by Gasteiger charge is -2.38. The van der Waals surface area contributed by atoms with E-state index >= 15 is 0 Å². The Kier molecular flexibility index (Phi) is 4.19. The van der Waals surface area contributed by atoms with Gasteiger partial charge in [-0.05, 0) is 30.5 Å². The Morgan fingerprint density at radius 1 is 1.00 bits per heavy atom. The summed E-state index contributed by atoms with van der Waals surface area (Å²) in [6.07, 6.45) is 3.86. The summed E-state index contributed by atoms with van der Waals surface area (Å²) in [4.78, 5) is 0. The van der Waals surface area contributed by atoms with Crippen LogP contribution < -0.4 is 5.32 Å². The summed E-state index contributed by atoms with van der Waals surface area (Å²) in [5.41, 5.74) is 1.60. The van der Waals surface area contributed by atoms with Gasteiger partial charge in [0.2, 0.25) is 0 Å². The number of benzene rings is 1. The molecule has 0 amide bonds. The second-order valence-electron chi connectivity index (χ2n) is 5.44. The number of furan rings is 1. The van der Waals surface area contributed by atoms with Gasteiger partial charge in [0.25, 0.3) is 0 Å². The van der Waals surface area contributed by atoms with Crippen molar-refractivity contribution < 1.29 is 9.15 Å². The maximum absolute atomic E-state index is 5.55. The van der Waals surface area contributed by atoms with E-state index in [-0.39, 0.29) is 5.41 Å². The van der Waals surface area contributed by atoms with Crippen LogP contribution in [-0.2, 0) is 16.7 Å². The summed E-state index contributed by atoms with van der Waals surface area (Å²) in [5.74, 6) is 0.986. The Bertz CT molecular complexity index is 501. The molecule has 1 aromatic carbocycles. The third-order valence-electron chi connectivity index (χ3n) is 4.18. The Balaban J connectivity index is 1.69. The molecule has 3 heteroatoms. The number of hydrogen-bond acceptors (Lipinski definition) is 3. The average molecular weight is 271 g/mol. The van der Waals surface area contributed by atoms with Crippen LogP contribution in [-0.4, -0.2) is 19.8 Å². The molecule has 1 aliphatic heterocycles. The van der Waals surface area contributed by atoms with Gasteiger partial charge >= 0.3 is 0 Å². The van der Waals surface area contributed by atoms with Crippen LogP contribution in [0.3, 0.4) is 0 Å². The van der Waals surface area contributed by atoms with Gasteiger partial charge in [-0.25, -0.2) is 0 Å². The Morgan fingerprint density at radius 3 is 2.50 bits per heavy atom. The molecule has 2 heterocycles. The highest BCUT2D eigenvalue weighted by Crippen LogP contribution is 2.34. The van der Waals surface area contributed by atoms with Gasteiger partial charge in [-0.1, -0.05) is 30.3 Å². The lowest BCUT2D eigenvalue weighted by Crippen LogP contribution is -2.42. The smallest absolute Gasteiger partial charge is 0.117 e. The predicted molar refractivity (Wildman–Crippen MR) is 78.6 cm³/mol. The summed E-state index contributed by atoms with van der Waals surface area (Å²) >= 11 is 0. The van der Waals surface area contributed by atoms with Crippen LogP contribution in [0, 0.1) is 0 Å². The van der Waals surface area contributed by atoms with Gasteiger partial charge in [-0.2, -0.15) is 0 Å². The molecule has 0 bridgehead atoms. The highest BCUT2D eigenvalue weighted by molar-refractivity contribution is 5.26. The van der Waals surface area contributed by atoms with Crippen molar-refractivity contribution in [3.63, 3.8) is 0 Å². The van der Waals surface area contributed by atoms with Crippen LogP contribution in [0.15, 0.2) is 53.1 Å². The van der Waals surface area contributed by atoms with Gasteiger partial charge in [0, 0.05) is 25.2 Å². The third-order valence-corrected chi connectivity index (χ3v) is 4.18. The highest BCUT2D eigenvalue weighted by atomic mass is 16.5. The molecule has 20 heavy (non-hydrogen) atoms. The van der Waals surface area contributed by atoms with Gasteiger partial charge < -0.3 is 14.5 Å². The zero-order valence-electron chi connectivity index (χ0n) is 11.7. The van der Waals surface area contributed by atoms with E-state index < -0.39 is 0 Å². The fourth-order valence-electron chi connectivity index (χ4n) is 2.96. The lowest BCUT2D eigenvalue weighted by molar-refractivity contribution is 0.0496. The molecule has 1 aromatic heterocycles. The number of nitrogens with one attached hydrogen (secondary N) is 1. The molecule has 3 nitrogen and oxygen atoms in total. The molecule has 1 N–H and O–H groups in total. The molecule has 0 atom stereocenters. The van der Waals surface area contributed by atoms with Crippen molar-refractivity contribution in [1.82, 2.24) is 5.32 Å². The summed E-state index contributed by atoms with van der Waals surface area (Å²) in [7, 11) is 0. The molecule has 2 aromatic rings. The minimum Gasteiger partial charge on any atom is -0.468 e. The second kappa shape index (κ2) is 6.25. The van der Waals surface area contributed by atoms with E-state index in [0.717, 1.165) is 44.9 Å². The summed E-state index contributed by atoms with van der Waals surface area (Å²) in [6.45, 7) is 3.43. The molecular weight excluding hydrogens is 250 g/mol. The number of hydrogen-bond donors (Lipinski definition) is 1. The molecular formula is C17H21NO2. The molecule has 1 aliphatic rings. The standard InChI is InChI=1S/C17H21NO2/c1-2-5-15(6-3-1)17(8-11-19-12-9-17)14-18-13-16-7-4-10-20-16/h1-7,10,18H,8-9,11-14H2. The predicted octanol–water partition coefficient (Wildman–Crippen LogP) is 3.12. The van der Waals surface area contributed by atoms with Crippen molar-refractivity contribution in [2.24, 2.45) is 0 Å². The van der Waals surface area contributed by atoms with E-state index in [1.54, 1.807) is 6.26 Å². The molecule has 0 unspecified atom stereocenters. The van der Waals surface area contributed by atoms with Gasteiger partial charge in [-0.15, -0.1) is 0 Å². The quantitative estimate of drug-likeness (QED) is 0.907. The van der Waals surface area contributed by atoms with Crippen LogP contribution in [0.4, 0.5) is 0 Å². The topological polar surface area (TPSA) is 34.4 Å². The fourth-order valence-corrected chi connectivity index (χ4v) is 2.96. The molecule has 0 radical (unpaired) electrons. The molecule has 1 fully saturated rings. The Hall–Kier alpha value is -1.58. The van der Waals surface area contributed by atoms with Crippen molar-refractivity contribution in [1.29, 1.82) is 0 Å². The number of ether oxygens (including phenoxy) is 1. The lowest BCUT2D eigenvalue weighted by atomic mass is 9.74. The van der Waals surface area contributed by atoms with Crippen LogP contribution in [0.5, 0.6) is 0 Å². The monoisotopic (exact) mass is 271 g/mol. The molecule has 106 valence electrons. The zero-order chi connectivity index (χ0) is 13.7. The summed E-state index contributed by atoms with van der Waals surface area (Å²) in [6, 6.07) is 14.7. The van der Waals surface area contributed by atoms with E-state index in [0.29, 0.717) is 0 Å².